The summed E-state index contributed by atoms with van der Waals surface area (Å²) in [6.07, 6.45) is 2.44. The van der Waals surface area contributed by atoms with Crippen molar-refractivity contribution in [2.24, 2.45) is 16.8 Å². The van der Waals surface area contributed by atoms with Crippen LogP contribution in [0.5, 0.6) is 0 Å². The Bertz CT molecular complexity index is 550. The number of rotatable bonds is 3. The van der Waals surface area contributed by atoms with Crippen molar-refractivity contribution in [3.8, 4) is 0 Å². The highest BCUT2D eigenvalue weighted by molar-refractivity contribution is 9.10. The highest BCUT2D eigenvalue weighted by atomic mass is 79.9. The largest absolute Gasteiger partial charge is 0.409 e. The highest BCUT2D eigenvalue weighted by Gasteiger charge is 2.32. The molecular weight excluding hydrogens is 329 g/mol. The van der Waals surface area contributed by atoms with Crippen molar-refractivity contribution in [1.82, 2.24) is 5.32 Å². The normalized spacial score (nSPS) is 22.8. The predicted octanol–water partition coefficient (Wildman–Crippen LogP) is 2.23. The third kappa shape index (κ3) is 3.09. The number of nitrogens with zero attached hydrogens (tertiary/aromatic N) is 1. The summed E-state index contributed by atoms with van der Waals surface area (Å²) in [7, 11) is 0. The van der Waals surface area contributed by atoms with Gasteiger partial charge in [-0.25, -0.2) is 4.39 Å². The van der Waals surface area contributed by atoms with Crippen molar-refractivity contribution in [3.05, 3.63) is 34.1 Å². The van der Waals surface area contributed by atoms with Crippen LogP contribution in [0, 0.1) is 11.7 Å². The number of amides is 1. The van der Waals surface area contributed by atoms with Gasteiger partial charge < -0.3 is 16.3 Å². The molecule has 0 saturated heterocycles. The number of carbonyl (C=O) groups excluding carboxylic acids is 1. The lowest BCUT2D eigenvalue weighted by Gasteiger charge is -2.20. The number of nitrogens with two attached hydrogens (primary N) is 1. The van der Waals surface area contributed by atoms with E-state index in [0.717, 1.165) is 19.3 Å². The molecule has 108 valence electrons. The van der Waals surface area contributed by atoms with E-state index in [0.29, 0.717) is 10.0 Å². The molecule has 1 aliphatic rings. The third-order valence-corrected chi connectivity index (χ3v) is 4.16. The highest BCUT2D eigenvalue weighted by Crippen LogP contribution is 2.27. The van der Waals surface area contributed by atoms with Crippen LogP contribution in [0.15, 0.2) is 27.8 Å². The van der Waals surface area contributed by atoms with E-state index in [4.69, 9.17) is 10.9 Å². The van der Waals surface area contributed by atoms with Crippen LogP contribution < -0.4 is 11.1 Å². The van der Waals surface area contributed by atoms with Gasteiger partial charge in [-0.2, -0.15) is 0 Å². The fourth-order valence-electron chi connectivity index (χ4n) is 2.48. The van der Waals surface area contributed by atoms with Crippen LogP contribution in [-0.4, -0.2) is 23.0 Å². The summed E-state index contributed by atoms with van der Waals surface area (Å²) in [5.74, 6) is -0.752. The van der Waals surface area contributed by atoms with Gasteiger partial charge in [-0.15, -0.1) is 0 Å². The Labute approximate surface area is 124 Å². The second kappa shape index (κ2) is 6.21. The number of oxime groups is 1. The van der Waals surface area contributed by atoms with Gasteiger partial charge in [0.1, 0.15) is 11.7 Å². The standard InChI is InChI=1S/C13H15BrFN3O2/c14-10-6-7(15)4-5-8(10)13(19)17-11-3-1-2-9(11)12(16)18-20/h4-6,9,11,20H,1-3H2,(H2,16,18)(H,17,19). The van der Waals surface area contributed by atoms with Crippen LogP contribution in [0.1, 0.15) is 29.6 Å². The Balaban J connectivity index is 2.11. The van der Waals surface area contributed by atoms with Gasteiger partial charge in [0.05, 0.1) is 5.56 Å². The molecule has 0 spiro atoms. The quantitative estimate of drug-likeness (QED) is 0.340. The van der Waals surface area contributed by atoms with E-state index in [-0.39, 0.29) is 23.7 Å². The topological polar surface area (TPSA) is 87.7 Å². The number of halogens is 2. The molecule has 0 bridgehead atoms. The van der Waals surface area contributed by atoms with Gasteiger partial charge in [0.25, 0.3) is 5.91 Å². The molecule has 2 rings (SSSR count). The van der Waals surface area contributed by atoms with E-state index in [1.165, 1.54) is 18.2 Å². The number of hydrogen-bond donors (Lipinski definition) is 3. The van der Waals surface area contributed by atoms with Gasteiger partial charge in [0.15, 0.2) is 0 Å². The molecule has 2 unspecified atom stereocenters. The molecule has 1 saturated carbocycles. The van der Waals surface area contributed by atoms with Crippen LogP contribution >= 0.6 is 15.9 Å². The van der Waals surface area contributed by atoms with Crippen LogP contribution in [0.4, 0.5) is 4.39 Å². The van der Waals surface area contributed by atoms with Crippen LogP contribution in [-0.2, 0) is 0 Å². The van der Waals surface area contributed by atoms with Gasteiger partial charge in [-0.05, 0) is 47.0 Å². The first-order valence-corrected chi connectivity index (χ1v) is 7.05. The lowest BCUT2D eigenvalue weighted by molar-refractivity contribution is 0.0932. The van der Waals surface area contributed by atoms with Gasteiger partial charge in [0, 0.05) is 16.4 Å². The van der Waals surface area contributed by atoms with Crippen molar-refractivity contribution < 1.29 is 14.4 Å². The second-order valence-corrected chi connectivity index (χ2v) is 5.62. The lowest BCUT2D eigenvalue weighted by Crippen LogP contribution is -2.42. The Morgan fingerprint density at radius 3 is 2.90 bits per heavy atom. The fourth-order valence-corrected chi connectivity index (χ4v) is 3.01. The van der Waals surface area contributed by atoms with Crippen molar-refractivity contribution in [2.75, 3.05) is 0 Å². The number of hydrogen-bond acceptors (Lipinski definition) is 3. The number of amidine groups is 1. The van der Waals surface area contributed by atoms with Gasteiger partial charge in [0.2, 0.25) is 0 Å². The molecule has 1 amide bonds. The zero-order chi connectivity index (χ0) is 14.7. The van der Waals surface area contributed by atoms with Crippen LogP contribution in [0.2, 0.25) is 0 Å². The maximum absolute atomic E-state index is 13.0. The van der Waals surface area contributed by atoms with E-state index in [1.54, 1.807) is 0 Å². The molecule has 4 N–H and O–H groups in total. The Hall–Kier alpha value is -1.63. The van der Waals surface area contributed by atoms with Crippen molar-refractivity contribution >= 4 is 27.7 Å². The van der Waals surface area contributed by atoms with E-state index >= 15 is 0 Å². The number of benzene rings is 1. The zero-order valence-corrected chi connectivity index (χ0v) is 12.2. The fraction of sp³-hybridized carbons (Fsp3) is 0.385. The van der Waals surface area contributed by atoms with E-state index in [9.17, 15) is 9.18 Å². The minimum absolute atomic E-state index is 0.131. The zero-order valence-electron chi connectivity index (χ0n) is 10.6. The van der Waals surface area contributed by atoms with Crippen LogP contribution in [0.3, 0.4) is 0 Å². The summed E-state index contributed by atoms with van der Waals surface area (Å²) < 4.78 is 13.4. The molecule has 0 aliphatic heterocycles. The number of nitrogens with one attached hydrogen (secondary N) is 1. The maximum Gasteiger partial charge on any atom is 0.252 e. The molecule has 1 aromatic carbocycles. The van der Waals surface area contributed by atoms with Gasteiger partial charge in [-0.3, -0.25) is 4.79 Å². The van der Waals surface area contributed by atoms with Crippen LogP contribution in [0.25, 0.3) is 0 Å². The molecule has 0 aromatic heterocycles. The average Bonchev–Trinajstić information content (AvgIpc) is 2.85. The molecule has 1 aliphatic carbocycles. The maximum atomic E-state index is 13.0. The summed E-state index contributed by atoms with van der Waals surface area (Å²) in [5, 5.41) is 14.6. The van der Waals surface area contributed by atoms with Gasteiger partial charge in [-0.1, -0.05) is 11.6 Å². The molecule has 0 heterocycles. The molecular formula is C13H15BrFN3O2. The average molecular weight is 344 g/mol. The molecule has 2 atom stereocenters. The summed E-state index contributed by atoms with van der Waals surface area (Å²) in [6.45, 7) is 0. The first-order valence-electron chi connectivity index (χ1n) is 6.26. The van der Waals surface area contributed by atoms with E-state index in [1.807, 2.05) is 0 Å². The molecule has 1 fully saturated rings. The molecule has 7 heteroatoms. The first-order chi connectivity index (χ1) is 9.52. The molecule has 0 radical (unpaired) electrons. The predicted molar refractivity (Wildman–Crippen MR) is 76.1 cm³/mol. The molecule has 1 aromatic rings. The smallest absolute Gasteiger partial charge is 0.252 e. The van der Waals surface area contributed by atoms with Crippen molar-refractivity contribution in [2.45, 2.75) is 25.3 Å². The van der Waals surface area contributed by atoms with Crippen molar-refractivity contribution in [1.29, 1.82) is 0 Å². The summed E-state index contributed by atoms with van der Waals surface area (Å²) >= 11 is 3.17. The monoisotopic (exact) mass is 343 g/mol. The SMILES string of the molecule is NC(=NO)C1CCCC1NC(=O)c1ccc(F)cc1Br. The third-order valence-electron chi connectivity index (χ3n) is 3.50. The summed E-state index contributed by atoms with van der Waals surface area (Å²) in [4.78, 5) is 12.2. The minimum atomic E-state index is -0.413. The summed E-state index contributed by atoms with van der Waals surface area (Å²) in [6, 6.07) is 3.72. The van der Waals surface area contributed by atoms with E-state index in [2.05, 4.69) is 26.4 Å². The van der Waals surface area contributed by atoms with E-state index < -0.39 is 5.82 Å². The Morgan fingerprint density at radius 1 is 1.50 bits per heavy atom. The summed E-state index contributed by atoms with van der Waals surface area (Å²) in [5.41, 5.74) is 5.98. The molecule has 5 nitrogen and oxygen atoms in total. The Kier molecular flexibility index (Phi) is 4.59. The first kappa shape index (κ1) is 14.8. The Morgan fingerprint density at radius 2 is 2.25 bits per heavy atom. The molecule has 20 heavy (non-hydrogen) atoms. The number of carbonyl (C=O) groups is 1. The second-order valence-electron chi connectivity index (χ2n) is 4.77. The van der Waals surface area contributed by atoms with Gasteiger partial charge >= 0.3 is 0 Å². The minimum Gasteiger partial charge on any atom is -0.409 e. The lowest BCUT2D eigenvalue weighted by atomic mass is 10.0. The van der Waals surface area contributed by atoms with Crippen molar-refractivity contribution in [3.63, 3.8) is 0 Å².